The smallest absolute Gasteiger partial charge is 0.335 e. The molecule has 1 N–H and O–H groups in total. The van der Waals surface area contributed by atoms with Crippen molar-refractivity contribution in [3.8, 4) is 11.5 Å². The SMILES string of the molecule is CCOc1cc(/C=C2\C(=O)NC(=O)N(c3ccc(Cl)cc3)C2=O)cc(I)c1OC(C)C. The number of benzene rings is 2. The van der Waals surface area contributed by atoms with Gasteiger partial charge in [0.2, 0.25) is 0 Å². The Hall–Kier alpha value is -2.59. The number of imide groups is 2. The minimum absolute atomic E-state index is 0.0541. The van der Waals surface area contributed by atoms with Gasteiger partial charge < -0.3 is 9.47 Å². The molecule has 1 aliphatic rings. The fourth-order valence-corrected chi connectivity index (χ4v) is 3.81. The highest BCUT2D eigenvalue weighted by molar-refractivity contribution is 14.1. The van der Waals surface area contributed by atoms with E-state index in [4.69, 9.17) is 21.1 Å². The molecular formula is C22H20ClIN2O5. The van der Waals surface area contributed by atoms with Crippen LogP contribution in [0.1, 0.15) is 26.3 Å². The van der Waals surface area contributed by atoms with Crippen LogP contribution in [0.4, 0.5) is 10.5 Å². The summed E-state index contributed by atoms with van der Waals surface area (Å²) in [5.41, 5.74) is 0.689. The van der Waals surface area contributed by atoms with Crippen molar-refractivity contribution in [1.82, 2.24) is 5.32 Å². The molecule has 1 fully saturated rings. The minimum atomic E-state index is -0.820. The molecular weight excluding hydrogens is 535 g/mol. The number of nitrogens with one attached hydrogen (secondary N) is 1. The van der Waals surface area contributed by atoms with Crippen molar-refractivity contribution in [2.45, 2.75) is 26.9 Å². The molecule has 0 spiro atoms. The lowest BCUT2D eigenvalue weighted by atomic mass is 10.1. The van der Waals surface area contributed by atoms with Crippen LogP contribution in [0.5, 0.6) is 11.5 Å². The summed E-state index contributed by atoms with van der Waals surface area (Å²) in [6.45, 7) is 6.10. The standard InChI is InChI=1S/C22H20ClIN2O5/c1-4-30-18-11-13(10-17(24)19(18)31-12(2)3)9-16-20(27)25-22(29)26(21(16)28)15-7-5-14(23)6-8-15/h5-12H,4H2,1-3H3,(H,25,27,29)/b16-9+. The summed E-state index contributed by atoms with van der Waals surface area (Å²) < 4.78 is 12.3. The number of nitrogens with zero attached hydrogens (tertiary/aromatic N) is 1. The normalized spacial score (nSPS) is 15.5. The van der Waals surface area contributed by atoms with Gasteiger partial charge in [0.25, 0.3) is 11.8 Å². The molecule has 0 aliphatic carbocycles. The molecule has 0 unspecified atom stereocenters. The maximum absolute atomic E-state index is 13.0. The lowest BCUT2D eigenvalue weighted by molar-refractivity contribution is -0.122. The third-order valence-electron chi connectivity index (χ3n) is 4.18. The van der Waals surface area contributed by atoms with E-state index in [-0.39, 0.29) is 11.7 Å². The number of hydrogen-bond acceptors (Lipinski definition) is 5. The van der Waals surface area contributed by atoms with Gasteiger partial charge in [0.05, 0.1) is 22.0 Å². The van der Waals surface area contributed by atoms with E-state index in [1.807, 2.05) is 20.8 Å². The second-order valence-corrected chi connectivity index (χ2v) is 8.46. The number of carbonyl (C=O) groups is 3. The van der Waals surface area contributed by atoms with Crippen LogP contribution in [0.3, 0.4) is 0 Å². The molecule has 9 heteroatoms. The summed E-state index contributed by atoms with van der Waals surface area (Å²) in [5.74, 6) is -0.400. The van der Waals surface area contributed by atoms with Gasteiger partial charge in [-0.05, 0) is 91.4 Å². The van der Waals surface area contributed by atoms with E-state index in [0.29, 0.717) is 34.4 Å². The Morgan fingerprint density at radius 2 is 1.84 bits per heavy atom. The average molecular weight is 555 g/mol. The molecule has 0 aromatic heterocycles. The zero-order valence-electron chi connectivity index (χ0n) is 17.1. The van der Waals surface area contributed by atoms with Gasteiger partial charge in [0.1, 0.15) is 5.57 Å². The zero-order valence-corrected chi connectivity index (χ0v) is 20.0. The molecule has 3 rings (SSSR count). The Balaban J connectivity index is 2.02. The van der Waals surface area contributed by atoms with Crippen LogP contribution < -0.4 is 19.7 Å². The number of rotatable bonds is 6. The van der Waals surface area contributed by atoms with Crippen molar-refractivity contribution in [2.24, 2.45) is 0 Å². The van der Waals surface area contributed by atoms with E-state index in [1.165, 1.54) is 18.2 Å². The summed E-state index contributed by atoms with van der Waals surface area (Å²) in [7, 11) is 0. The first kappa shape index (κ1) is 23.1. The molecule has 162 valence electrons. The van der Waals surface area contributed by atoms with Gasteiger partial charge in [-0.2, -0.15) is 0 Å². The summed E-state index contributed by atoms with van der Waals surface area (Å²) in [5, 5.41) is 2.66. The van der Waals surface area contributed by atoms with Gasteiger partial charge in [0, 0.05) is 5.02 Å². The van der Waals surface area contributed by atoms with Crippen LogP contribution in [0.25, 0.3) is 6.08 Å². The molecule has 0 radical (unpaired) electrons. The van der Waals surface area contributed by atoms with E-state index in [2.05, 4.69) is 27.9 Å². The van der Waals surface area contributed by atoms with Crippen LogP contribution in [0, 0.1) is 3.57 Å². The highest BCUT2D eigenvalue weighted by Gasteiger charge is 2.36. The number of barbiturate groups is 1. The van der Waals surface area contributed by atoms with Gasteiger partial charge in [0.15, 0.2) is 11.5 Å². The van der Waals surface area contributed by atoms with Gasteiger partial charge in [-0.25, -0.2) is 9.69 Å². The molecule has 7 nitrogen and oxygen atoms in total. The van der Waals surface area contributed by atoms with Crippen LogP contribution in [-0.2, 0) is 9.59 Å². The summed E-state index contributed by atoms with van der Waals surface area (Å²) >= 11 is 8.00. The highest BCUT2D eigenvalue weighted by atomic mass is 127. The molecule has 4 amide bonds. The number of amides is 4. The maximum atomic E-state index is 13.0. The van der Waals surface area contributed by atoms with E-state index < -0.39 is 17.8 Å². The highest BCUT2D eigenvalue weighted by Crippen LogP contribution is 2.36. The summed E-state index contributed by atoms with van der Waals surface area (Å²) in [4.78, 5) is 38.7. The fraction of sp³-hybridized carbons (Fsp3) is 0.227. The molecule has 31 heavy (non-hydrogen) atoms. The van der Waals surface area contributed by atoms with E-state index in [1.54, 1.807) is 24.3 Å². The van der Waals surface area contributed by atoms with E-state index in [0.717, 1.165) is 8.47 Å². The topological polar surface area (TPSA) is 84.9 Å². The van der Waals surface area contributed by atoms with Crippen LogP contribution in [0.2, 0.25) is 5.02 Å². The van der Waals surface area contributed by atoms with Gasteiger partial charge in [-0.1, -0.05) is 11.6 Å². The van der Waals surface area contributed by atoms with Crippen LogP contribution in [0.15, 0.2) is 42.0 Å². The first-order valence-electron chi connectivity index (χ1n) is 9.51. The fourth-order valence-electron chi connectivity index (χ4n) is 2.93. The lowest BCUT2D eigenvalue weighted by Gasteiger charge is -2.26. The maximum Gasteiger partial charge on any atom is 0.335 e. The molecule has 0 atom stereocenters. The Morgan fingerprint density at radius 1 is 1.16 bits per heavy atom. The van der Waals surface area contributed by atoms with Crippen molar-refractivity contribution in [1.29, 1.82) is 0 Å². The number of halogens is 2. The van der Waals surface area contributed by atoms with Gasteiger partial charge in [-0.3, -0.25) is 14.9 Å². The number of hydrogen-bond donors (Lipinski definition) is 1. The molecule has 1 heterocycles. The molecule has 0 saturated carbocycles. The third-order valence-corrected chi connectivity index (χ3v) is 5.24. The number of anilines is 1. The van der Waals surface area contributed by atoms with Crippen molar-refractivity contribution in [3.05, 3.63) is 56.1 Å². The van der Waals surface area contributed by atoms with Crippen molar-refractivity contribution >= 4 is 63.8 Å². The first-order valence-corrected chi connectivity index (χ1v) is 11.0. The Kier molecular flexibility index (Phi) is 7.22. The predicted molar refractivity (Wildman–Crippen MR) is 127 cm³/mol. The van der Waals surface area contributed by atoms with Gasteiger partial charge >= 0.3 is 6.03 Å². The average Bonchev–Trinajstić information content (AvgIpc) is 2.69. The van der Waals surface area contributed by atoms with Crippen molar-refractivity contribution in [2.75, 3.05) is 11.5 Å². The van der Waals surface area contributed by atoms with E-state index >= 15 is 0 Å². The molecule has 1 aliphatic heterocycles. The van der Waals surface area contributed by atoms with Gasteiger partial charge in [-0.15, -0.1) is 0 Å². The number of ether oxygens (including phenoxy) is 2. The monoisotopic (exact) mass is 554 g/mol. The minimum Gasteiger partial charge on any atom is -0.490 e. The number of urea groups is 1. The second kappa shape index (κ2) is 9.69. The first-order chi connectivity index (χ1) is 14.7. The zero-order chi connectivity index (χ0) is 22.7. The third kappa shape index (κ3) is 5.19. The second-order valence-electron chi connectivity index (χ2n) is 6.86. The molecule has 2 aromatic rings. The van der Waals surface area contributed by atoms with E-state index in [9.17, 15) is 14.4 Å². The Labute approximate surface area is 198 Å². The predicted octanol–water partition coefficient (Wildman–Crippen LogP) is 4.80. The molecule has 0 bridgehead atoms. The molecule has 1 saturated heterocycles. The largest absolute Gasteiger partial charge is 0.490 e. The van der Waals surface area contributed by atoms with Crippen molar-refractivity contribution < 1.29 is 23.9 Å². The quantitative estimate of drug-likeness (QED) is 0.315. The Morgan fingerprint density at radius 3 is 2.45 bits per heavy atom. The summed E-state index contributed by atoms with van der Waals surface area (Å²) in [6, 6.07) is 8.82. The van der Waals surface area contributed by atoms with Crippen LogP contribution >= 0.6 is 34.2 Å². The molecule has 2 aromatic carbocycles. The van der Waals surface area contributed by atoms with Crippen molar-refractivity contribution in [3.63, 3.8) is 0 Å². The lowest BCUT2D eigenvalue weighted by Crippen LogP contribution is -2.54. The van der Waals surface area contributed by atoms with Crippen LogP contribution in [-0.4, -0.2) is 30.6 Å². The Bertz CT molecular complexity index is 1070. The number of carbonyl (C=O) groups excluding carboxylic acids is 3. The summed E-state index contributed by atoms with van der Waals surface area (Å²) in [6.07, 6.45) is 1.37.